The van der Waals surface area contributed by atoms with Crippen LogP contribution in [-0.4, -0.2) is 29.2 Å². The van der Waals surface area contributed by atoms with Crippen molar-refractivity contribution in [1.29, 1.82) is 0 Å². The van der Waals surface area contributed by atoms with Crippen molar-refractivity contribution in [3.05, 3.63) is 12.3 Å². The van der Waals surface area contributed by atoms with Gasteiger partial charge < -0.3 is 9.94 Å². The molecule has 0 unspecified atom stereocenters. The van der Waals surface area contributed by atoms with Gasteiger partial charge in [0.2, 0.25) is 5.76 Å². The van der Waals surface area contributed by atoms with Crippen molar-refractivity contribution in [3.8, 4) is 0 Å². The van der Waals surface area contributed by atoms with E-state index >= 15 is 0 Å². The first kappa shape index (κ1) is 9.06. The zero-order chi connectivity index (χ0) is 8.97. The quantitative estimate of drug-likeness (QED) is 0.508. The number of hydrogen-bond acceptors (Lipinski definition) is 3. The molecule has 0 aromatic heterocycles. The molecule has 68 valence electrons. The summed E-state index contributed by atoms with van der Waals surface area (Å²) in [7, 11) is 0. The molecule has 1 aliphatic rings. The lowest BCUT2D eigenvalue weighted by Crippen LogP contribution is -2.30. The van der Waals surface area contributed by atoms with Crippen molar-refractivity contribution >= 4 is 5.97 Å². The number of aliphatic carboxylic acids is 1. The highest BCUT2D eigenvalue weighted by Gasteiger charge is 2.14. The van der Waals surface area contributed by atoms with E-state index in [-0.39, 0.29) is 5.76 Å². The third kappa shape index (κ3) is 2.54. The molecule has 0 aromatic carbocycles. The van der Waals surface area contributed by atoms with Crippen LogP contribution in [0.1, 0.15) is 19.3 Å². The van der Waals surface area contributed by atoms with E-state index < -0.39 is 5.97 Å². The van der Waals surface area contributed by atoms with Crippen molar-refractivity contribution in [3.63, 3.8) is 0 Å². The molecule has 0 amide bonds. The molecule has 1 N–H and O–H groups in total. The number of carboxylic acid groups (broad SMARTS) is 1. The molecule has 0 aliphatic carbocycles. The summed E-state index contributed by atoms with van der Waals surface area (Å²) in [6.07, 6.45) is 3.32. The fourth-order valence-electron chi connectivity index (χ4n) is 1.15. The van der Waals surface area contributed by atoms with Crippen LogP contribution < -0.4 is 0 Å². The van der Waals surface area contributed by atoms with Crippen LogP contribution in [0.15, 0.2) is 12.3 Å². The molecule has 1 aliphatic heterocycles. The van der Waals surface area contributed by atoms with Crippen LogP contribution in [0, 0.1) is 0 Å². The third-order valence-corrected chi connectivity index (χ3v) is 1.79. The van der Waals surface area contributed by atoms with E-state index in [9.17, 15) is 4.79 Å². The van der Waals surface area contributed by atoms with Gasteiger partial charge in [0.1, 0.15) is 0 Å². The molecule has 12 heavy (non-hydrogen) atoms. The Morgan fingerprint density at radius 3 is 2.42 bits per heavy atom. The maximum absolute atomic E-state index is 10.3. The first-order valence-electron chi connectivity index (χ1n) is 4.05. The number of nitrogens with zero attached hydrogens (tertiary/aromatic N) is 1. The lowest BCUT2D eigenvalue weighted by molar-refractivity contribution is -0.161. The Balaban J connectivity index is 2.29. The molecule has 4 nitrogen and oxygen atoms in total. The van der Waals surface area contributed by atoms with E-state index in [0.717, 1.165) is 25.9 Å². The van der Waals surface area contributed by atoms with E-state index in [1.165, 1.54) is 6.42 Å². The highest BCUT2D eigenvalue weighted by molar-refractivity contribution is 5.83. The van der Waals surface area contributed by atoms with Crippen LogP contribution in [0.4, 0.5) is 0 Å². The van der Waals surface area contributed by atoms with Crippen LogP contribution in [0.3, 0.4) is 0 Å². The summed E-state index contributed by atoms with van der Waals surface area (Å²) in [5.74, 6) is -1.29. The predicted molar refractivity (Wildman–Crippen MR) is 43.3 cm³/mol. The van der Waals surface area contributed by atoms with Crippen molar-refractivity contribution in [2.24, 2.45) is 0 Å². The summed E-state index contributed by atoms with van der Waals surface area (Å²) in [4.78, 5) is 15.3. The highest BCUT2D eigenvalue weighted by Crippen LogP contribution is 2.11. The predicted octanol–water partition coefficient (Wildman–Crippen LogP) is 1.00. The molecule has 0 atom stereocenters. The molecular weight excluding hydrogens is 158 g/mol. The molecule has 1 rings (SSSR count). The van der Waals surface area contributed by atoms with E-state index in [0.29, 0.717) is 0 Å². The first-order chi connectivity index (χ1) is 5.70. The fraction of sp³-hybridized carbons (Fsp3) is 0.625. The molecule has 4 heteroatoms. The molecule has 1 saturated heterocycles. The first-order valence-corrected chi connectivity index (χ1v) is 4.05. The van der Waals surface area contributed by atoms with Gasteiger partial charge in [-0.3, -0.25) is 0 Å². The lowest BCUT2D eigenvalue weighted by atomic mass is 10.2. The van der Waals surface area contributed by atoms with Gasteiger partial charge in [0.15, 0.2) is 0 Å². The van der Waals surface area contributed by atoms with Gasteiger partial charge in [-0.15, -0.1) is 5.06 Å². The monoisotopic (exact) mass is 171 g/mol. The summed E-state index contributed by atoms with van der Waals surface area (Å²) in [5, 5.41) is 10.1. The lowest BCUT2D eigenvalue weighted by Gasteiger charge is -2.25. The topological polar surface area (TPSA) is 49.8 Å². The molecule has 0 aromatic rings. The fourth-order valence-corrected chi connectivity index (χ4v) is 1.15. The maximum atomic E-state index is 10.3. The van der Waals surface area contributed by atoms with E-state index in [2.05, 4.69) is 6.58 Å². The summed E-state index contributed by atoms with van der Waals surface area (Å²) < 4.78 is 0. The van der Waals surface area contributed by atoms with Crippen LogP contribution in [0.2, 0.25) is 0 Å². The Kier molecular flexibility index (Phi) is 3.10. The molecule has 0 spiro atoms. The minimum Gasteiger partial charge on any atom is -0.475 e. The molecule has 1 fully saturated rings. The molecular formula is C8H13NO3. The maximum Gasteiger partial charge on any atom is 0.373 e. The SMILES string of the molecule is C=C(ON1CCCCC1)C(=O)O. The van der Waals surface area contributed by atoms with Crippen molar-refractivity contribution in [2.75, 3.05) is 13.1 Å². The molecule has 0 radical (unpaired) electrons. The smallest absolute Gasteiger partial charge is 0.373 e. The Labute approximate surface area is 71.4 Å². The van der Waals surface area contributed by atoms with Crippen LogP contribution in [-0.2, 0) is 9.63 Å². The normalized spacial score (nSPS) is 18.7. The number of hydroxylamine groups is 2. The van der Waals surface area contributed by atoms with Crippen molar-refractivity contribution in [1.82, 2.24) is 5.06 Å². The van der Waals surface area contributed by atoms with Crippen molar-refractivity contribution in [2.45, 2.75) is 19.3 Å². The zero-order valence-electron chi connectivity index (χ0n) is 6.95. The van der Waals surface area contributed by atoms with Gasteiger partial charge in [0.25, 0.3) is 0 Å². The van der Waals surface area contributed by atoms with E-state index in [4.69, 9.17) is 9.94 Å². The summed E-state index contributed by atoms with van der Waals surface area (Å²) in [5.41, 5.74) is 0. The van der Waals surface area contributed by atoms with Crippen molar-refractivity contribution < 1.29 is 14.7 Å². The standard InChI is InChI=1S/C8H13NO3/c1-7(8(10)11)12-9-5-3-2-4-6-9/h1-6H2,(H,10,11). The Bertz CT molecular complexity index is 185. The molecule has 0 saturated carbocycles. The summed E-state index contributed by atoms with van der Waals surface area (Å²) in [6.45, 7) is 4.88. The number of hydrogen-bond donors (Lipinski definition) is 1. The third-order valence-electron chi connectivity index (χ3n) is 1.79. The summed E-state index contributed by atoms with van der Waals surface area (Å²) >= 11 is 0. The second-order valence-electron chi connectivity index (χ2n) is 2.81. The van der Waals surface area contributed by atoms with Crippen LogP contribution >= 0.6 is 0 Å². The second-order valence-corrected chi connectivity index (χ2v) is 2.81. The highest BCUT2D eigenvalue weighted by atomic mass is 16.7. The van der Waals surface area contributed by atoms with Gasteiger partial charge in [-0.05, 0) is 19.4 Å². The van der Waals surface area contributed by atoms with Gasteiger partial charge in [-0.25, -0.2) is 4.79 Å². The number of piperidine rings is 1. The van der Waals surface area contributed by atoms with Gasteiger partial charge in [0, 0.05) is 13.1 Å². The Morgan fingerprint density at radius 2 is 1.92 bits per heavy atom. The Morgan fingerprint density at radius 1 is 1.33 bits per heavy atom. The Hall–Kier alpha value is -1.03. The van der Waals surface area contributed by atoms with Crippen LogP contribution in [0.25, 0.3) is 0 Å². The number of rotatable bonds is 3. The summed E-state index contributed by atoms with van der Waals surface area (Å²) in [6, 6.07) is 0. The van der Waals surface area contributed by atoms with Gasteiger partial charge >= 0.3 is 5.97 Å². The number of carboxylic acids is 1. The van der Waals surface area contributed by atoms with E-state index in [1.54, 1.807) is 5.06 Å². The zero-order valence-corrected chi connectivity index (χ0v) is 6.95. The van der Waals surface area contributed by atoms with Gasteiger partial charge in [-0.1, -0.05) is 6.42 Å². The van der Waals surface area contributed by atoms with E-state index in [1.807, 2.05) is 0 Å². The minimum absolute atomic E-state index is 0.197. The average molecular weight is 171 g/mol. The van der Waals surface area contributed by atoms with Gasteiger partial charge in [0.05, 0.1) is 0 Å². The minimum atomic E-state index is -1.10. The molecule has 0 bridgehead atoms. The second kappa shape index (κ2) is 4.11. The van der Waals surface area contributed by atoms with Gasteiger partial charge in [-0.2, -0.15) is 0 Å². The largest absolute Gasteiger partial charge is 0.475 e. The number of carbonyl (C=O) groups is 1. The average Bonchev–Trinajstić information content (AvgIpc) is 2.06. The van der Waals surface area contributed by atoms with Crippen LogP contribution in [0.5, 0.6) is 0 Å². The molecule has 1 heterocycles.